The Kier molecular flexibility index (Phi) is 9.05. The Balaban J connectivity index is 0.00000288. The van der Waals surface area contributed by atoms with E-state index in [-0.39, 0.29) is 35.9 Å². The molecule has 1 aliphatic rings. The molecule has 1 fully saturated rings. The molecule has 6 nitrogen and oxygen atoms in total. The molecule has 1 amide bonds. The van der Waals surface area contributed by atoms with E-state index in [0.29, 0.717) is 13.0 Å². The molecule has 2 N–H and O–H groups in total. The first-order chi connectivity index (χ1) is 11.1. The minimum atomic E-state index is 0. The fourth-order valence-electron chi connectivity index (χ4n) is 2.65. The molecule has 1 saturated heterocycles. The lowest BCUT2D eigenvalue weighted by molar-refractivity contribution is -0.117. The van der Waals surface area contributed by atoms with E-state index in [0.717, 1.165) is 31.2 Å². The minimum Gasteiger partial charge on any atom is -0.356 e. The van der Waals surface area contributed by atoms with Crippen LogP contribution in [0.3, 0.4) is 0 Å². The van der Waals surface area contributed by atoms with Crippen LogP contribution in [0.15, 0.2) is 35.3 Å². The molecular weight excluding hydrogens is 417 g/mol. The van der Waals surface area contributed by atoms with Crippen LogP contribution in [-0.2, 0) is 4.79 Å². The zero-order valence-electron chi connectivity index (χ0n) is 14.7. The van der Waals surface area contributed by atoms with Gasteiger partial charge in [-0.05, 0) is 39.2 Å². The largest absolute Gasteiger partial charge is 0.356 e. The normalized spacial score (nSPS) is 17.8. The maximum Gasteiger partial charge on any atom is 0.229 e. The molecule has 1 heterocycles. The summed E-state index contributed by atoms with van der Waals surface area (Å²) in [6.07, 6.45) is 1.54. The van der Waals surface area contributed by atoms with Crippen LogP contribution in [0.1, 0.15) is 12.8 Å². The summed E-state index contributed by atoms with van der Waals surface area (Å²) in [5.41, 5.74) is 0.954. The van der Waals surface area contributed by atoms with E-state index in [1.165, 1.54) is 0 Å². The Hall–Kier alpha value is -1.35. The summed E-state index contributed by atoms with van der Waals surface area (Å²) >= 11 is 0. The summed E-state index contributed by atoms with van der Waals surface area (Å²) in [4.78, 5) is 20.4. The van der Waals surface area contributed by atoms with Crippen molar-refractivity contribution in [1.29, 1.82) is 0 Å². The Morgan fingerprint density at radius 1 is 1.33 bits per heavy atom. The number of halogens is 1. The predicted octanol–water partition coefficient (Wildman–Crippen LogP) is 1.53. The summed E-state index contributed by atoms with van der Waals surface area (Å²) in [5, 5.41) is 6.65. The number of carbonyl (C=O) groups is 1. The number of rotatable bonds is 6. The molecule has 7 heteroatoms. The number of carbonyl (C=O) groups excluding carboxylic acids is 1. The molecule has 1 atom stereocenters. The van der Waals surface area contributed by atoms with Crippen LogP contribution in [0.2, 0.25) is 0 Å². The van der Waals surface area contributed by atoms with Crippen LogP contribution in [0.5, 0.6) is 0 Å². The Labute approximate surface area is 161 Å². The van der Waals surface area contributed by atoms with Crippen molar-refractivity contribution in [2.24, 2.45) is 4.99 Å². The average Bonchev–Trinajstić information content (AvgIpc) is 2.91. The van der Waals surface area contributed by atoms with Gasteiger partial charge < -0.3 is 20.4 Å². The highest BCUT2D eigenvalue weighted by Crippen LogP contribution is 2.20. The van der Waals surface area contributed by atoms with Gasteiger partial charge in [-0.2, -0.15) is 0 Å². The van der Waals surface area contributed by atoms with E-state index in [4.69, 9.17) is 0 Å². The number of aliphatic imine (C=N–C) groups is 1. The number of benzene rings is 1. The fraction of sp³-hybridized carbons (Fsp3) is 0.529. The van der Waals surface area contributed by atoms with Gasteiger partial charge in [-0.15, -0.1) is 24.0 Å². The fourth-order valence-corrected chi connectivity index (χ4v) is 2.65. The third-order valence-electron chi connectivity index (χ3n) is 3.83. The van der Waals surface area contributed by atoms with Crippen molar-refractivity contribution in [3.05, 3.63) is 30.3 Å². The topological polar surface area (TPSA) is 60.0 Å². The number of nitrogens with one attached hydrogen (secondary N) is 2. The molecule has 1 unspecified atom stereocenters. The zero-order chi connectivity index (χ0) is 16.7. The Morgan fingerprint density at radius 3 is 2.67 bits per heavy atom. The highest BCUT2D eigenvalue weighted by molar-refractivity contribution is 14.0. The molecule has 0 aliphatic carbocycles. The second-order valence-electron chi connectivity index (χ2n) is 6.04. The van der Waals surface area contributed by atoms with Crippen molar-refractivity contribution in [3.8, 4) is 0 Å². The Bertz CT molecular complexity index is 535. The number of para-hydroxylation sites is 1. The van der Waals surface area contributed by atoms with Crippen molar-refractivity contribution in [1.82, 2.24) is 15.5 Å². The smallest absolute Gasteiger partial charge is 0.229 e. The summed E-state index contributed by atoms with van der Waals surface area (Å²) in [6, 6.07) is 9.88. The summed E-state index contributed by atoms with van der Waals surface area (Å²) in [5.74, 6) is 0.910. The highest BCUT2D eigenvalue weighted by Gasteiger charge is 2.30. The van der Waals surface area contributed by atoms with E-state index in [9.17, 15) is 4.79 Å². The molecule has 1 aromatic rings. The van der Waals surface area contributed by atoms with Gasteiger partial charge in [-0.25, -0.2) is 0 Å². The first-order valence-electron chi connectivity index (χ1n) is 8.07. The number of nitrogens with zero attached hydrogens (tertiary/aromatic N) is 3. The number of hydrogen-bond acceptors (Lipinski definition) is 3. The van der Waals surface area contributed by atoms with E-state index in [1.54, 1.807) is 7.05 Å². The molecule has 1 aromatic carbocycles. The van der Waals surface area contributed by atoms with Crippen LogP contribution in [0.25, 0.3) is 0 Å². The standard InChI is InChI=1S/C17H27N5O.HI/c1-18-17(19-10-7-11-21(2)3)20-14-12-16(23)22(13-14)15-8-5-4-6-9-15;/h4-6,8-9,14H,7,10-13H2,1-3H3,(H2,18,19,20);1H. The van der Waals surface area contributed by atoms with Gasteiger partial charge in [-0.1, -0.05) is 18.2 Å². The third-order valence-corrected chi connectivity index (χ3v) is 3.83. The lowest BCUT2D eigenvalue weighted by Crippen LogP contribution is -2.45. The molecule has 0 spiro atoms. The second kappa shape index (κ2) is 10.5. The van der Waals surface area contributed by atoms with Crippen LogP contribution in [-0.4, -0.2) is 63.6 Å². The molecule has 2 rings (SSSR count). The lowest BCUT2D eigenvalue weighted by Gasteiger charge is -2.19. The van der Waals surface area contributed by atoms with E-state index >= 15 is 0 Å². The monoisotopic (exact) mass is 445 g/mol. The number of hydrogen-bond donors (Lipinski definition) is 2. The number of amides is 1. The van der Waals surface area contributed by atoms with Crippen LogP contribution in [0.4, 0.5) is 5.69 Å². The predicted molar refractivity (Wildman–Crippen MR) is 110 cm³/mol. The van der Waals surface area contributed by atoms with Crippen LogP contribution >= 0.6 is 24.0 Å². The minimum absolute atomic E-state index is 0. The summed E-state index contributed by atoms with van der Waals surface area (Å²) < 4.78 is 0. The van der Waals surface area contributed by atoms with E-state index in [1.807, 2.05) is 35.2 Å². The highest BCUT2D eigenvalue weighted by atomic mass is 127. The molecule has 0 aromatic heterocycles. The average molecular weight is 445 g/mol. The van der Waals surface area contributed by atoms with Crippen molar-refractivity contribution in [3.63, 3.8) is 0 Å². The maximum atomic E-state index is 12.2. The maximum absolute atomic E-state index is 12.2. The van der Waals surface area contributed by atoms with Crippen molar-refractivity contribution in [2.75, 3.05) is 45.7 Å². The van der Waals surface area contributed by atoms with E-state index in [2.05, 4.69) is 34.6 Å². The van der Waals surface area contributed by atoms with Gasteiger partial charge in [0.25, 0.3) is 0 Å². The van der Waals surface area contributed by atoms with E-state index < -0.39 is 0 Å². The summed E-state index contributed by atoms with van der Waals surface area (Å²) in [7, 11) is 5.89. The SMILES string of the molecule is CN=C(NCCCN(C)C)NC1CC(=O)N(c2ccccc2)C1.I. The van der Waals surface area contributed by atoms with Gasteiger partial charge >= 0.3 is 0 Å². The lowest BCUT2D eigenvalue weighted by atomic mass is 10.2. The van der Waals surface area contributed by atoms with Crippen molar-refractivity contribution >= 4 is 41.5 Å². The molecule has 0 radical (unpaired) electrons. The first-order valence-corrected chi connectivity index (χ1v) is 8.07. The number of guanidine groups is 1. The molecule has 0 saturated carbocycles. The second-order valence-corrected chi connectivity index (χ2v) is 6.04. The van der Waals surface area contributed by atoms with Crippen LogP contribution in [0, 0.1) is 0 Å². The van der Waals surface area contributed by atoms with Gasteiger partial charge in [0.15, 0.2) is 5.96 Å². The molecular formula is C17H28IN5O. The molecule has 134 valence electrons. The van der Waals surface area contributed by atoms with Gasteiger partial charge in [0.05, 0.1) is 6.04 Å². The number of anilines is 1. The third kappa shape index (κ3) is 6.27. The quantitative estimate of drug-likeness (QED) is 0.302. The zero-order valence-corrected chi connectivity index (χ0v) is 17.0. The van der Waals surface area contributed by atoms with Crippen molar-refractivity contribution < 1.29 is 4.79 Å². The van der Waals surface area contributed by atoms with Gasteiger partial charge in [0.2, 0.25) is 5.91 Å². The first kappa shape index (κ1) is 20.7. The summed E-state index contributed by atoms with van der Waals surface area (Å²) in [6.45, 7) is 2.57. The van der Waals surface area contributed by atoms with Gasteiger partial charge in [0.1, 0.15) is 0 Å². The van der Waals surface area contributed by atoms with Gasteiger partial charge in [-0.3, -0.25) is 9.79 Å². The van der Waals surface area contributed by atoms with Crippen LogP contribution < -0.4 is 15.5 Å². The van der Waals surface area contributed by atoms with Gasteiger partial charge in [0, 0.05) is 32.2 Å². The molecule has 24 heavy (non-hydrogen) atoms. The van der Waals surface area contributed by atoms with Crippen molar-refractivity contribution in [2.45, 2.75) is 18.9 Å². The Morgan fingerprint density at radius 2 is 2.04 bits per heavy atom. The molecule has 1 aliphatic heterocycles. The molecule has 0 bridgehead atoms.